The highest BCUT2D eigenvalue weighted by Gasteiger charge is 2.35. The summed E-state index contributed by atoms with van der Waals surface area (Å²) in [5, 5.41) is 9.08. The molecule has 0 aliphatic carbocycles. The number of nitrogens with one attached hydrogen (secondary N) is 4. The summed E-state index contributed by atoms with van der Waals surface area (Å²) in [5.41, 5.74) is 10.4. The lowest BCUT2D eigenvalue weighted by Gasteiger charge is -2.25. The molecule has 1 fully saturated rings. The van der Waals surface area contributed by atoms with Gasteiger partial charge in [0.15, 0.2) is 0 Å². The van der Waals surface area contributed by atoms with Gasteiger partial charge >= 0.3 is 5.97 Å². The van der Waals surface area contributed by atoms with Gasteiger partial charge in [0.05, 0.1) is 11.1 Å². The van der Waals surface area contributed by atoms with E-state index in [1.165, 1.54) is 18.2 Å². The number of aromatic carboxylic acids is 1. The Morgan fingerprint density at radius 2 is 1.71 bits per heavy atom. The Hall–Kier alpha value is -2.45. The van der Waals surface area contributed by atoms with E-state index in [0.717, 1.165) is 0 Å². The van der Waals surface area contributed by atoms with Crippen LogP contribution in [-0.4, -0.2) is 35.0 Å². The smallest absolute Gasteiger partial charge is 0.336 e. The normalized spacial score (nSPS) is 20.5. The van der Waals surface area contributed by atoms with Crippen molar-refractivity contribution in [2.45, 2.75) is 39.3 Å². The second-order valence-electron chi connectivity index (χ2n) is 6.79. The maximum atomic E-state index is 12.1. The number of rotatable bonds is 3. The molecule has 1 heterocycles. The number of amides is 2. The fraction of sp³-hybridized carbons (Fsp3) is 0.438. The molecule has 1 aliphatic heterocycles. The quantitative estimate of drug-likeness (QED) is 0.511. The van der Waals surface area contributed by atoms with Crippen LogP contribution in [0.25, 0.3) is 0 Å². The first-order valence-corrected chi connectivity index (χ1v) is 7.63. The van der Waals surface area contributed by atoms with Gasteiger partial charge in [-0.25, -0.2) is 10.2 Å². The number of benzene rings is 1. The molecule has 5 N–H and O–H groups in total. The summed E-state index contributed by atoms with van der Waals surface area (Å²) in [5.74, 6) is -2.28. The third-order valence-electron chi connectivity index (χ3n) is 3.97. The second kappa shape index (κ2) is 6.98. The van der Waals surface area contributed by atoms with Crippen LogP contribution in [0.5, 0.6) is 0 Å². The van der Waals surface area contributed by atoms with Crippen molar-refractivity contribution in [2.24, 2.45) is 5.41 Å². The molecule has 0 aromatic heterocycles. The Morgan fingerprint density at radius 3 is 2.25 bits per heavy atom. The SMILES string of the molecule is CC(C)(C)C1CC(C(=O)NNC(=O)c2ccccc2C(=O)O)NN1. The maximum absolute atomic E-state index is 12.1. The van der Waals surface area contributed by atoms with Gasteiger partial charge in [0.2, 0.25) is 0 Å². The standard InChI is InChI=1S/C16H22N4O4/c1-16(2,3)12-8-11(17-18-12)14(22)20-19-13(21)9-6-4-5-7-10(9)15(23)24/h4-7,11-12,17-18H,8H2,1-3H3,(H,19,21)(H,20,22)(H,23,24). The van der Waals surface area contributed by atoms with E-state index in [-0.39, 0.29) is 22.6 Å². The van der Waals surface area contributed by atoms with E-state index in [1.807, 2.05) is 0 Å². The van der Waals surface area contributed by atoms with Crippen LogP contribution in [0.4, 0.5) is 0 Å². The van der Waals surface area contributed by atoms with Gasteiger partial charge in [-0.3, -0.25) is 25.9 Å². The number of carbonyl (C=O) groups excluding carboxylic acids is 2. The predicted octanol–water partition coefficient (Wildman–Crippen LogP) is 0.427. The molecule has 8 nitrogen and oxygen atoms in total. The van der Waals surface area contributed by atoms with Crippen LogP contribution >= 0.6 is 0 Å². The molecule has 8 heteroatoms. The average Bonchev–Trinajstić information content (AvgIpc) is 3.02. The van der Waals surface area contributed by atoms with Crippen molar-refractivity contribution in [1.29, 1.82) is 0 Å². The molecule has 0 radical (unpaired) electrons. The van der Waals surface area contributed by atoms with E-state index in [1.54, 1.807) is 6.07 Å². The molecule has 2 atom stereocenters. The van der Waals surface area contributed by atoms with Crippen LogP contribution in [0, 0.1) is 5.41 Å². The van der Waals surface area contributed by atoms with Gasteiger partial charge in [0.25, 0.3) is 11.8 Å². The van der Waals surface area contributed by atoms with Crippen molar-refractivity contribution >= 4 is 17.8 Å². The molecule has 0 spiro atoms. The molecule has 130 valence electrons. The third-order valence-corrected chi connectivity index (χ3v) is 3.97. The summed E-state index contributed by atoms with van der Waals surface area (Å²) < 4.78 is 0. The lowest BCUT2D eigenvalue weighted by molar-refractivity contribution is -0.123. The fourth-order valence-corrected chi connectivity index (χ4v) is 2.44. The first-order chi connectivity index (χ1) is 11.2. The summed E-state index contributed by atoms with van der Waals surface area (Å²) >= 11 is 0. The number of carboxylic acid groups (broad SMARTS) is 1. The topological polar surface area (TPSA) is 120 Å². The summed E-state index contributed by atoms with van der Waals surface area (Å²) in [6.07, 6.45) is 0.580. The monoisotopic (exact) mass is 334 g/mol. The number of carbonyl (C=O) groups is 3. The lowest BCUT2D eigenvalue weighted by atomic mass is 9.84. The van der Waals surface area contributed by atoms with Crippen molar-refractivity contribution in [2.75, 3.05) is 0 Å². The Kier molecular flexibility index (Phi) is 5.20. The minimum absolute atomic E-state index is 0.00823. The Bertz CT molecular complexity index is 654. The second-order valence-corrected chi connectivity index (χ2v) is 6.79. The summed E-state index contributed by atoms with van der Waals surface area (Å²) in [4.78, 5) is 35.3. The number of carboxylic acids is 1. The van der Waals surface area contributed by atoms with E-state index >= 15 is 0 Å². The van der Waals surface area contributed by atoms with Gasteiger partial charge in [-0.05, 0) is 24.0 Å². The van der Waals surface area contributed by atoms with Gasteiger partial charge in [-0.15, -0.1) is 0 Å². The first kappa shape index (κ1) is 17.9. The highest BCUT2D eigenvalue weighted by molar-refractivity contribution is 6.05. The average molecular weight is 334 g/mol. The fourth-order valence-electron chi connectivity index (χ4n) is 2.44. The zero-order valence-electron chi connectivity index (χ0n) is 13.8. The van der Waals surface area contributed by atoms with Crippen LogP contribution in [-0.2, 0) is 4.79 Å². The minimum atomic E-state index is -1.21. The molecular weight excluding hydrogens is 312 g/mol. The van der Waals surface area contributed by atoms with E-state index in [4.69, 9.17) is 5.11 Å². The molecule has 1 aliphatic rings. The Morgan fingerprint density at radius 1 is 1.08 bits per heavy atom. The molecular formula is C16H22N4O4. The van der Waals surface area contributed by atoms with Crippen LogP contribution in [0.2, 0.25) is 0 Å². The zero-order chi connectivity index (χ0) is 17.9. The third kappa shape index (κ3) is 4.09. The predicted molar refractivity (Wildman–Crippen MR) is 86.9 cm³/mol. The maximum Gasteiger partial charge on any atom is 0.336 e. The molecule has 1 aromatic carbocycles. The zero-order valence-corrected chi connectivity index (χ0v) is 13.8. The van der Waals surface area contributed by atoms with Crippen molar-refractivity contribution in [3.05, 3.63) is 35.4 Å². The number of hydrazine groups is 2. The molecule has 1 aromatic rings. The van der Waals surface area contributed by atoms with E-state index in [2.05, 4.69) is 42.5 Å². The Balaban J connectivity index is 1.93. The van der Waals surface area contributed by atoms with Crippen LogP contribution in [0.15, 0.2) is 24.3 Å². The van der Waals surface area contributed by atoms with Crippen molar-refractivity contribution in [3.63, 3.8) is 0 Å². The molecule has 1 saturated heterocycles. The number of hydrogen-bond acceptors (Lipinski definition) is 5. The molecule has 2 unspecified atom stereocenters. The van der Waals surface area contributed by atoms with Gasteiger partial charge in [0.1, 0.15) is 6.04 Å². The van der Waals surface area contributed by atoms with Crippen LogP contribution in [0.3, 0.4) is 0 Å². The minimum Gasteiger partial charge on any atom is -0.478 e. The summed E-state index contributed by atoms with van der Waals surface area (Å²) in [6.45, 7) is 6.20. The molecule has 2 rings (SSSR count). The van der Waals surface area contributed by atoms with Gasteiger partial charge in [-0.2, -0.15) is 0 Å². The van der Waals surface area contributed by atoms with Gasteiger partial charge in [0, 0.05) is 6.04 Å². The largest absolute Gasteiger partial charge is 0.478 e. The van der Waals surface area contributed by atoms with Crippen molar-refractivity contribution in [1.82, 2.24) is 21.7 Å². The van der Waals surface area contributed by atoms with Crippen LogP contribution in [0.1, 0.15) is 47.9 Å². The molecule has 24 heavy (non-hydrogen) atoms. The van der Waals surface area contributed by atoms with E-state index in [9.17, 15) is 14.4 Å². The number of hydrogen-bond donors (Lipinski definition) is 5. The molecule has 0 bridgehead atoms. The first-order valence-electron chi connectivity index (χ1n) is 7.63. The van der Waals surface area contributed by atoms with Crippen molar-refractivity contribution < 1.29 is 19.5 Å². The highest BCUT2D eigenvalue weighted by atomic mass is 16.4. The summed E-state index contributed by atoms with van der Waals surface area (Å²) in [7, 11) is 0. The summed E-state index contributed by atoms with van der Waals surface area (Å²) in [6, 6.07) is 5.44. The van der Waals surface area contributed by atoms with E-state index in [0.29, 0.717) is 6.42 Å². The lowest BCUT2D eigenvalue weighted by Crippen LogP contribution is -2.50. The van der Waals surface area contributed by atoms with E-state index < -0.39 is 23.8 Å². The van der Waals surface area contributed by atoms with Gasteiger partial charge < -0.3 is 5.11 Å². The van der Waals surface area contributed by atoms with Crippen LogP contribution < -0.4 is 21.7 Å². The Labute approximate surface area is 139 Å². The highest BCUT2D eigenvalue weighted by Crippen LogP contribution is 2.25. The van der Waals surface area contributed by atoms with Crippen molar-refractivity contribution in [3.8, 4) is 0 Å². The molecule has 2 amide bonds. The molecule has 0 saturated carbocycles. The van der Waals surface area contributed by atoms with Gasteiger partial charge in [-0.1, -0.05) is 32.9 Å².